The number of hydrogen-bond donors (Lipinski definition) is 1. The Hall–Kier alpha value is -1.84. The number of amides is 2. The Morgan fingerprint density at radius 1 is 1.36 bits per heavy atom. The molecule has 1 aromatic rings. The predicted octanol–water partition coefficient (Wildman–Crippen LogP) is 2.96. The van der Waals surface area contributed by atoms with E-state index in [2.05, 4.69) is 5.32 Å². The van der Waals surface area contributed by atoms with Crippen molar-refractivity contribution in [3.05, 3.63) is 29.3 Å². The average Bonchev–Trinajstić information content (AvgIpc) is 2.83. The van der Waals surface area contributed by atoms with Crippen LogP contribution in [-0.4, -0.2) is 23.9 Å². The van der Waals surface area contributed by atoms with Gasteiger partial charge in [-0.3, -0.25) is 9.59 Å². The molecule has 1 heterocycles. The number of nitrogens with zero attached hydrogens (tertiary/aromatic N) is 1. The second-order valence-electron chi connectivity index (χ2n) is 6.85. The fraction of sp³-hybridized carbons (Fsp3) is 0.556. The van der Waals surface area contributed by atoms with Crippen LogP contribution in [0.5, 0.6) is 0 Å². The highest BCUT2D eigenvalue weighted by Crippen LogP contribution is 2.29. The smallest absolute Gasteiger partial charge is 0.227 e. The zero-order chi connectivity index (χ0) is 16.5. The lowest BCUT2D eigenvalue weighted by molar-refractivity contribution is -0.127. The van der Waals surface area contributed by atoms with Gasteiger partial charge >= 0.3 is 0 Å². The summed E-state index contributed by atoms with van der Waals surface area (Å²) in [5, 5.41) is 3.05. The van der Waals surface area contributed by atoms with Crippen molar-refractivity contribution >= 4 is 17.5 Å². The summed E-state index contributed by atoms with van der Waals surface area (Å²) in [6, 6.07) is 5.95. The Morgan fingerprint density at radius 3 is 2.68 bits per heavy atom. The number of aryl methyl sites for hydroxylation is 1. The lowest BCUT2D eigenvalue weighted by atomic mass is 9.99. The first-order chi connectivity index (χ1) is 10.2. The minimum absolute atomic E-state index is 0.0204. The van der Waals surface area contributed by atoms with Gasteiger partial charge in [0.05, 0.1) is 5.92 Å². The molecule has 22 heavy (non-hydrogen) atoms. The number of anilines is 1. The summed E-state index contributed by atoms with van der Waals surface area (Å²) in [4.78, 5) is 26.5. The summed E-state index contributed by atoms with van der Waals surface area (Å²) in [6.45, 7) is 10.6. The van der Waals surface area contributed by atoms with E-state index < -0.39 is 0 Å². The molecule has 4 heteroatoms. The molecule has 1 N–H and O–H groups in total. The zero-order valence-electron chi connectivity index (χ0n) is 14.2. The lowest BCUT2D eigenvalue weighted by Crippen LogP contribution is -2.46. The molecule has 0 aromatic heterocycles. The Balaban J connectivity index is 2.14. The number of nitrogens with one attached hydrogen (secondary N) is 1. The molecule has 0 saturated carbocycles. The Bertz CT molecular complexity index is 593. The van der Waals surface area contributed by atoms with Gasteiger partial charge in [0.25, 0.3) is 0 Å². The highest BCUT2D eigenvalue weighted by atomic mass is 16.2. The van der Waals surface area contributed by atoms with Crippen molar-refractivity contribution in [1.82, 2.24) is 5.32 Å². The molecule has 0 spiro atoms. The van der Waals surface area contributed by atoms with Gasteiger partial charge in [-0.1, -0.05) is 19.1 Å². The summed E-state index contributed by atoms with van der Waals surface area (Å²) in [5.41, 5.74) is 2.96. The quantitative estimate of drug-likeness (QED) is 0.929. The van der Waals surface area contributed by atoms with Crippen LogP contribution in [0.3, 0.4) is 0 Å². The van der Waals surface area contributed by atoms with Crippen LogP contribution in [0.1, 0.15) is 44.7 Å². The summed E-state index contributed by atoms with van der Waals surface area (Å²) in [5.74, 6) is -0.255. The van der Waals surface area contributed by atoms with Crippen LogP contribution in [-0.2, 0) is 9.59 Å². The second-order valence-corrected chi connectivity index (χ2v) is 6.85. The topological polar surface area (TPSA) is 49.4 Å². The van der Waals surface area contributed by atoms with Gasteiger partial charge < -0.3 is 10.2 Å². The predicted molar refractivity (Wildman–Crippen MR) is 88.9 cm³/mol. The number of benzene rings is 1. The van der Waals surface area contributed by atoms with E-state index >= 15 is 0 Å². The fourth-order valence-electron chi connectivity index (χ4n) is 2.67. The monoisotopic (exact) mass is 302 g/mol. The van der Waals surface area contributed by atoms with Gasteiger partial charge in [0, 0.05) is 24.2 Å². The normalized spacial score (nSPS) is 18.7. The number of hydrogen-bond acceptors (Lipinski definition) is 2. The maximum Gasteiger partial charge on any atom is 0.227 e. The Labute approximate surface area is 132 Å². The van der Waals surface area contributed by atoms with Crippen LogP contribution >= 0.6 is 0 Å². The number of rotatable bonds is 4. The summed E-state index contributed by atoms with van der Waals surface area (Å²) in [7, 11) is 0. The third kappa shape index (κ3) is 3.32. The molecule has 1 saturated heterocycles. The van der Waals surface area contributed by atoms with Gasteiger partial charge in [0.15, 0.2) is 0 Å². The molecular weight excluding hydrogens is 276 g/mol. The molecule has 1 fully saturated rings. The number of carbonyl (C=O) groups is 2. The van der Waals surface area contributed by atoms with Gasteiger partial charge in [0.2, 0.25) is 11.8 Å². The van der Waals surface area contributed by atoms with Crippen LogP contribution in [0.25, 0.3) is 0 Å². The van der Waals surface area contributed by atoms with E-state index in [4.69, 9.17) is 0 Å². The summed E-state index contributed by atoms with van der Waals surface area (Å²) >= 11 is 0. The van der Waals surface area contributed by atoms with E-state index in [-0.39, 0.29) is 23.3 Å². The highest BCUT2D eigenvalue weighted by molar-refractivity contribution is 6.01. The van der Waals surface area contributed by atoms with E-state index in [1.165, 1.54) is 0 Å². The van der Waals surface area contributed by atoms with Crippen LogP contribution in [0, 0.1) is 19.8 Å². The van der Waals surface area contributed by atoms with E-state index in [0.29, 0.717) is 13.0 Å². The van der Waals surface area contributed by atoms with Gasteiger partial charge in [-0.2, -0.15) is 0 Å². The Kier molecular flexibility index (Phi) is 4.59. The molecule has 0 bridgehead atoms. The molecule has 2 rings (SSSR count). The SMILES string of the molecule is CCC(C)(C)NC(=O)C1CC(=O)N(c2cccc(C)c2C)C1. The third-order valence-electron chi connectivity index (χ3n) is 4.71. The minimum Gasteiger partial charge on any atom is -0.351 e. The number of carbonyl (C=O) groups excluding carboxylic acids is 2. The van der Waals surface area contributed by atoms with E-state index in [1.807, 2.05) is 52.8 Å². The molecule has 120 valence electrons. The fourth-order valence-corrected chi connectivity index (χ4v) is 2.67. The van der Waals surface area contributed by atoms with Crippen LogP contribution in [0.15, 0.2) is 18.2 Å². The standard InChI is InChI=1S/C18H26N2O2/c1-6-18(4,5)19-17(22)14-10-16(21)20(11-14)15-9-7-8-12(2)13(15)3/h7-9,14H,6,10-11H2,1-5H3,(H,19,22). The van der Waals surface area contributed by atoms with Gasteiger partial charge in [-0.25, -0.2) is 0 Å². The molecule has 0 radical (unpaired) electrons. The summed E-state index contributed by atoms with van der Waals surface area (Å²) < 4.78 is 0. The molecule has 1 aromatic carbocycles. The lowest BCUT2D eigenvalue weighted by Gasteiger charge is -2.26. The second kappa shape index (κ2) is 6.11. The largest absolute Gasteiger partial charge is 0.351 e. The molecule has 4 nitrogen and oxygen atoms in total. The third-order valence-corrected chi connectivity index (χ3v) is 4.71. The first-order valence-corrected chi connectivity index (χ1v) is 7.94. The first kappa shape index (κ1) is 16.5. The molecule has 1 aliphatic rings. The Morgan fingerprint density at radius 2 is 2.05 bits per heavy atom. The average molecular weight is 302 g/mol. The van der Waals surface area contributed by atoms with Crippen LogP contribution in [0.4, 0.5) is 5.69 Å². The molecule has 1 atom stereocenters. The van der Waals surface area contributed by atoms with Crippen LogP contribution < -0.4 is 10.2 Å². The van der Waals surface area contributed by atoms with Gasteiger partial charge in [0.1, 0.15) is 0 Å². The van der Waals surface area contributed by atoms with E-state index in [0.717, 1.165) is 23.2 Å². The van der Waals surface area contributed by atoms with Gasteiger partial charge in [-0.15, -0.1) is 0 Å². The van der Waals surface area contributed by atoms with Crippen LogP contribution in [0.2, 0.25) is 0 Å². The molecule has 2 amide bonds. The first-order valence-electron chi connectivity index (χ1n) is 7.94. The van der Waals surface area contributed by atoms with Crippen molar-refractivity contribution in [2.45, 2.75) is 53.0 Å². The van der Waals surface area contributed by atoms with Crippen molar-refractivity contribution in [3.8, 4) is 0 Å². The highest BCUT2D eigenvalue weighted by Gasteiger charge is 2.37. The maximum absolute atomic E-state index is 12.4. The zero-order valence-corrected chi connectivity index (χ0v) is 14.2. The minimum atomic E-state index is -0.266. The van der Waals surface area contributed by atoms with Gasteiger partial charge in [-0.05, 0) is 51.3 Å². The molecule has 1 aliphatic heterocycles. The van der Waals surface area contributed by atoms with E-state index in [1.54, 1.807) is 4.90 Å². The molecule has 0 aliphatic carbocycles. The van der Waals surface area contributed by atoms with Crippen molar-refractivity contribution < 1.29 is 9.59 Å². The van der Waals surface area contributed by atoms with E-state index in [9.17, 15) is 9.59 Å². The van der Waals surface area contributed by atoms with Crippen molar-refractivity contribution in [1.29, 1.82) is 0 Å². The molecular formula is C18H26N2O2. The van der Waals surface area contributed by atoms with Crippen molar-refractivity contribution in [2.75, 3.05) is 11.4 Å². The maximum atomic E-state index is 12.4. The van der Waals surface area contributed by atoms with Crippen molar-refractivity contribution in [3.63, 3.8) is 0 Å². The molecule has 1 unspecified atom stereocenters. The van der Waals surface area contributed by atoms with Crippen molar-refractivity contribution in [2.24, 2.45) is 5.92 Å². The summed E-state index contributed by atoms with van der Waals surface area (Å²) in [6.07, 6.45) is 1.15.